The van der Waals surface area contributed by atoms with Crippen molar-refractivity contribution in [3.8, 4) is 0 Å². The average molecular weight is 279 g/mol. The molecule has 2 aromatic carbocycles. The predicted molar refractivity (Wildman–Crippen MR) is 86.8 cm³/mol. The summed E-state index contributed by atoms with van der Waals surface area (Å²) in [6.07, 6.45) is 2.34. The molecule has 0 spiro atoms. The number of guanidine groups is 1. The van der Waals surface area contributed by atoms with E-state index in [1.807, 2.05) is 12.1 Å². The first kappa shape index (κ1) is 13.7. The Balaban J connectivity index is 1.76. The molecule has 0 unspecified atom stereocenters. The lowest BCUT2D eigenvalue weighted by molar-refractivity contribution is 0.400. The van der Waals surface area contributed by atoms with E-state index >= 15 is 0 Å². The highest BCUT2D eigenvalue weighted by molar-refractivity contribution is 5.78. The van der Waals surface area contributed by atoms with Crippen molar-refractivity contribution in [3.05, 3.63) is 71.8 Å². The topological polar surface area (TPSA) is 41.6 Å². The Labute approximate surface area is 126 Å². The number of benzene rings is 2. The molecule has 3 heteroatoms. The Hall–Kier alpha value is -2.29. The molecule has 21 heavy (non-hydrogen) atoms. The Bertz CT molecular complexity index is 547. The van der Waals surface area contributed by atoms with Crippen LogP contribution in [0.25, 0.3) is 0 Å². The van der Waals surface area contributed by atoms with E-state index in [0.29, 0.717) is 12.0 Å². The van der Waals surface area contributed by atoms with Crippen LogP contribution in [-0.4, -0.2) is 16.9 Å². The lowest BCUT2D eigenvalue weighted by atomic mass is 10.2. The largest absolute Gasteiger partial charge is 0.370 e. The van der Waals surface area contributed by atoms with Crippen LogP contribution in [0.15, 0.2) is 65.7 Å². The molecule has 108 valence electrons. The van der Waals surface area contributed by atoms with Crippen molar-refractivity contribution >= 4 is 5.96 Å². The maximum Gasteiger partial charge on any atom is 0.192 e. The summed E-state index contributed by atoms with van der Waals surface area (Å²) in [6.45, 7) is 1.58. The minimum atomic E-state index is 0.444. The van der Waals surface area contributed by atoms with Gasteiger partial charge in [-0.15, -0.1) is 0 Å². The number of hydrogen-bond acceptors (Lipinski definition) is 1. The van der Waals surface area contributed by atoms with Gasteiger partial charge in [0.1, 0.15) is 0 Å². The number of aliphatic imine (C=N–C) groups is 1. The molecule has 1 saturated carbocycles. The van der Waals surface area contributed by atoms with Gasteiger partial charge in [-0.25, -0.2) is 4.99 Å². The van der Waals surface area contributed by atoms with Crippen LogP contribution in [0.2, 0.25) is 0 Å². The molecule has 1 aliphatic carbocycles. The van der Waals surface area contributed by atoms with E-state index in [2.05, 4.69) is 58.4 Å². The summed E-state index contributed by atoms with van der Waals surface area (Å²) in [6, 6.07) is 21.3. The van der Waals surface area contributed by atoms with Crippen molar-refractivity contribution in [2.45, 2.75) is 32.0 Å². The fraction of sp³-hybridized carbons (Fsp3) is 0.278. The zero-order valence-electron chi connectivity index (χ0n) is 12.2. The van der Waals surface area contributed by atoms with Crippen LogP contribution in [-0.2, 0) is 13.1 Å². The summed E-state index contributed by atoms with van der Waals surface area (Å²) in [7, 11) is 0. The third-order valence-corrected chi connectivity index (χ3v) is 3.62. The maximum atomic E-state index is 6.23. The zero-order valence-corrected chi connectivity index (χ0v) is 12.2. The van der Waals surface area contributed by atoms with E-state index < -0.39 is 0 Å². The van der Waals surface area contributed by atoms with Gasteiger partial charge in [-0.05, 0) is 24.0 Å². The predicted octanol–water partition coefficient (Wildman–Crippen LogP) is 3.17. The fourth-order valence-corrected chi connectivity index (χ4v) is 2.30. The van der Waals surface area contributed by atoms with Crippen LogP contribution >= 0.6 is 0 Å². The first-order valence-corrected chi connectivity index (χ1v) is 7.47. The third kappa shape index (κ3) is 4.09. The summed E-state index contributed by atoms with van der Waals surface area (Å²) in [5.74, 6) is 0.658. The molecular formula is C18H21N3. The molecule has 1 fully saturated rings. The van der Waals surface area contributed by atoms with Crippen molar-refractivity contribution in [1.29, 1.82) is 0 Å². The minimum Gasteiger partial charge on any atom is -0.370 e. The molecule has 0 bridgehead atoms. The van der Waals surface area contributed by atoms with E-state index in [9.17, 15) is 0 Å². The molecule has 3 rings (SSSR count). The summed E-state index contributed by atoms with van der Waals surface area (Å²) >= 11 is 0. The standard InChI is InChI=1S/C18H21N3/c19-18(20-17-11-12-17)21(13-15-7-3-1-4-8-15)14-16-9-5-2-6-10-16/h1-10,17H,11-14H2,(H2,19,20). The second-order valence-corrected chi connectivity index (χ2v) is 5.55. The summed E-state index contributed by atoms with van der Waals surface area (Å²) in [5, 5.41) is 0. The van der Waals surface area contributed by atoms with Crippen LogP contribution in [0.5, 0.6) is 0 Å². The number of hydrogen-bond donors (Lipinski definition) is 1. The fourth-order valence-electron chi connectivity index (χ4n) is 2.30. The smallest absolute Gasteiger partial charge is 0.192 e. The van der Waals surface area contributed by atoms with Gasteiger partial charge in [-0.2, -0.15) is 0 Å². The normalized spacial score (nSPS) is 15.0. The maximum absolute atomic E-state index is 6.23. The van der Waals surface area contributed by atoms with Crippen LogP contribution < -0.4 is 5.73 Å². The van der Waals surface area contributed by atoms with Gasteiger partial charge in [0.2, 0.25) is 0 Å². The Morgan fingerprint density at radius 2 is 1.38 bits per heavy atom. The second kappa shape index (κ2) is 6.44. The molecule has 0 heterocycles. The summed E-state index contributed by atoms with van der Waals surface area (Å²) < 4.78 is 0. The van der Waals surface area contributed by atoms with Crippen molar-refractivity contribution in [2.75, 3.05) is 0 Å². The van der Waals surface area contributed by atoms with Crippen molar-refractivity contribution in [1.82, 2.24) is 4.90 Å². The summed E-state index contributed by atoms with van der Waals surface area (Å²) in [4.78, 5) is 6.76. The van der Waals surface area contributed by atoms with Gasteiger partial charge in [-0.1, -0.05) is 60.7 Å². The van der Waals surface area contributed by atoms with Gasteiger partial charge < -0.3 is 10.6 Å². The average Bonchev–Trinajstić information content (AvgIpc) is 3.33. The van der Waals surface area contributed by atoms with Crippen molar-refractivity contribution in [3.63, 3.8) is 0 Å². The molecule has 3 nitrogen and oxygen atoms in total. The van der Waals surface area contributed by atoms with Gasteiger partial charge in [0.25, 0.3) is 0 Å². The van der Waals surface area contributed by atoms with Gasteiger partial charge in [-0.3, -0.25) is 0 Å². The van der Waals surface area contributed by atoms with Gasteiger partial charge >= 0.3 is 0 Å². The highest BCUT2D eigenvalue weighted by Gasteiger charge is 2.22. The molecule has 2 N–H and O–H groups in total. The SMILES string of the molecule is NC(=NC1CC1)N(Cc1ccccc1)Cc1ccccc1. The van der Waals surface area contributed by atoms with Crippen molar-refractivity contribution in [2.24, 2.45) is 10.7 Å². The number of nitrogens with two attached hydrogens (primary N) is 1. The van der Waals surface area contributed by atoms with E-state index in [-0.39, 0.29) is 0 Å². The van der Waals surface area contributed by atoms with Crippen LogP contribution in [0.3, 0.4) is 0 Å². The Morgan fingerprint density at radius 1 is 0.905 bits per heavy atom. The highest BCUT2D eigenvalue weighted by Crippen LogP contribution is 2.24. The van der Waals surface area contributed by atoms with Gasteiger partial charge in [0.05, 0.1) is 6.04 Å². The van der Waals surface area contributed by atoms with E-state index in [1.54, 1.807) is 0 Å². The van der Waals surface area contributed by atoms with Crippen LogP contribution in [0, 0.1) is 0 Å². The molecule has 0 saturated heterocycles. The zero-order chi connectivity index (χ0) is 14.5. The molecule has 1 aliphatic rings. The quantitative estimate of drug-likeness (QED) is 0.674. The molecule has 0 aromatic heterocycles. The lowest BCUT2D eigenvalue weighted by Crippen LogP contribution is -2.36. The highest BCUT2D eigenvalue weighted by atomic mass is 15.3. The monoisotopic (exact) mass is 279 g/mol. The van der Waals surface area contributed by atoms with Crippen molar-refractivity contribution < 1.29 is 0 Å². The van der Waals surface area contributed by atoms with Crippen LogP contribution in [0.1, 0.15) is 24.0 Å². The van der Waals surface area contributed by atoms with E-state index in [1.165, 1.54) is 24.0 Å². The molecule has 2 aromatic rings. The Morgan fingerprint density at radius 3 is 1.81 bits per heavy atom. The van der Waals surface area contributed by atoms with E-state index in [4.69, 9.17) is 5.73 Å². The molecule has 0 aliphatic heterocycles. The third-order valence-electron chi connectivity index (χ3n) is 3.62. The van der Waals surface area contributed by atoms with Gasteiger partial charge in [0, 0.05) is 13.1 Å². The second-order valence-electron chi connectivity index (χ2n) is 5.55. The van der Waals surface area contributed by atoms with Crippen LogP contribution in [0.4, 0.5) is 0 Å². The molecule has 0 radical (unpaired) electrons. The first-order valence-electron chi connectivity index (χ1n) is 7.47. The molecule has 0 atom stereocenters. The minimum absolute atomic E-state index is 0.444. The molecule has 0 amide bonds. The first-order chi connectivity index (χ1) is 10.3. The number of rotatable bonds is 5. The molecular weight excluding hydrogens is 258 g/mol. The van der Waals surface area contributed by atoms with E-state index in [0.717, 1.165) is 13.1 Å². The number of nitrogens with zero attached hydrogens (tertiary/aromatic N) is 2. The summed E-state index contributed by atoms with van der Waals surface area (Å²) in [5.41, 5.74) is 8.73. The lowest BCUT2D eigenvalue weighted by Gasteiger charge is -2.24. The van der Waals surface area contributed by atoms with Gasteiger partial charge in [0.15, 0.2) is 5.96 Å². The Kier molecular flexibility index (Phi) is 4.20.